The monoisotopic (exact) mass is 239 g/mol. The number of likely N-dealkylation sites (N-methyl/N-ethyl adjacent to an activating group) is 1. The molecule has 1 saturated heterocycles. The lowest BCUT2D eigenvalue weighted by Crippen LogP contribution is -2.31. The molecule has 0 N–H and O–H groups in total. The van der Waals surface area contributed by atoms with Gasteiger partial charge in [-0.1, -0.05) is 0 Å². The van der Waals surface area contributed by atoms with Gasteiger partial charge in [0, 0.05) is 31.4 Å². The van der Waals surface area contributed by atoms with Crippen LogP contribution in [0.25, 0.3) is 0 Å². The zero-order valence-corrected chi connectivity index (χ0v) is 10.8. The summed E-state index contributed by atoms with van der Waals surface area (Å²) in [4.78, 5) is 20.0. The lowest BCUT2D eigenvalue weighted by molar-refractivity contribution is 0.101. The Balaban J connectivity index is 2.06. The Morgan fingerprint density at radius 2 is 2.38 bits per heavy atom. The molecular formula is C11H17N3OS. The first-order valence-electron chi connectivity index (χ1n) is 5.46. The van der Waals surface area contributed by atoms with Crippen molar-refractivity contribution in [3.8, 4) is 0 Å². The van der Waals surface area contributed by atoms with Crippen molar-refractivity contribution in [2.45, 2.75) is 19.4 Å². The lowest BCUT2D eigenvalue weighted by atomic mass is 10.2. The third-order valence-corrected chi connectivity index (χ3v) is 3.92. The maximum atomic E-state index is 11.2. The molecule has 1 fully saturated rings. The van der Waals surface area contributed by atoms with E-state index in [2.05, 4.69) is 28.9 Å². The van der Waals surface area contributed by atoms with Crippen LogP contribution in [0.4, 0.5) is 5.13 Å². The van der Waals surface area contributed by atoms with Crippen LogP contribution in [0.1, 0.15) is 23.8 Å². The highest BCUT2D eigenvalue weighted by Gasteiger charge is 2.25. The number of ketones is 1. The minimum Gasteiger partial charge on any atom is -0.346 e. The van der Waals surface area contributed by atoms with E-state index in [4.69, 9.17) is 0 Å². The van der Waals surface area contributed by atoms with E-state index in [1.165, 1.54) is 6.42 Å². The van der Waals surface area contributed by atoms with Gasteiger partial charge in [0.1, 0.15) is 5.69 Å². The summed E-state index contributed by atoms with van der Waals surface area (Å²) in [5.74, 6) is 0.0471. The van der Waals surface area contributed by atoms with Crippen LogP contribution in [0.2, 0.25) is 0 Å². The molecule has 1 aromatic rings. The van der Waals surface area contributed by atoms with Crippen LogP contribution < -0.4 is 4.90 Å². The number of Topliss-reactive ketones (excluding diaryl/α,β-unsaturated/α-hetero) is 1. The number of carbonyl (C=O) groups is 1. The van der Waals surface area contributed by atoms with Crippen LogP contribution in [0.5, 0.6) is 0 Å². The molecule has 0 bridgehead atoms. The van der Waals surface area contributed by atoms with Crippen molar-refractivity contribution in [3.05, 3.63) is 11.1 Å². The minimum atomic E-state index is 0.0471. The van der Waals surface area contributed by atoms with Crippen molar-refractivity contribution >= 4 is 22.3 Å². The summed E-state index contributed by atoms with van der Waals surface area (Å²) < 4.78 is 0. The number of hydrogen-bond donors (Lipinski definition) is 0. The minimum absolute atomic E-state index is 0.0471. The molecule has 16 heavy (non-hydrogen) atoms. The summed E-state index contributed by atoms with van der Waals surface area (Å²) in [6.45, 7) is 3.61. The van der Waals surface area contributed by atoms with Crippen molar-refractivity contribution in [2.24, 2.45) is 0 Å². The van der Waals surface area contributed by atoms with Crippen molar-refractivity contribution in [3.63, 3.8) is 0 Å². The Kier molecular flexibility index (Phi) is 3.25. The maximum absolute atomic E-state index is 11.2. The maximum Gasteiger partial charge on any atom is 0.186 e. The topological polar surface area (TPSA) is 36.4 Å². The van der Waals surface area contributed by atoms with Gasteiger partial charge in [0.15, 0.2) is 10.9 Å². The van der Waals surface area contributed by atoms with E-state index >= 15 is 0 Å². The Labute approximate surface area is 99.9 Å². The first kappa shape index (κ1) is 11.5. The van der Waals surface area contributed by atoms with Gasteiger partial charge in [0.2, 0.25) is 0 Å². The van der Waals surface area contributed by atoms with Gasteiger partial charge in [-0.2, -0.15) is 0 Å². The molecule has 2 heterocycles. The quantitative estimate of drug-likeness (QED) is 0.749. The van der Waals surface area contributed by atoms with Crippen molar-refractivity contribution < 1.29 is 4.79 Å². The smallest absolute Gasteiger partial charge is 0.186 e. The second-order valence-corrected chi connectivity index (χ2v) is 5.26. The zero-order chi connectivity index (χ0) is 11.7. The molecule has 1 aromatic heterocycles. The first-order chi connectivity index (χ1) is 7.58. The van der Waals surface area contributed by atoms with Crippen LogP contribution >= 0.6 is 11.3 Å². The Morgan fingerprint density at radius 3 is 2.88 bits per heavy atom. The van der Waals surface area contributed by atoms with E-state index in [-0.39, 0.29) is 5.78 Å². The molecule has 0 aliphatic carbocycles. The number of carbonyl (C=O) groups excluding carboxylic acids is 1. The Morgan fingerprint density at radius 1 is 1.62 bits per heavy atom. The van der Waals surface area contributed by atoms with Gasteiger partial charge in [0.05, 0.1) is 0 Å². The predicted molar refractivity (Wildman–Crippen MR) is 66.4 cm³/mol. The van der Waals surface area contributed by atoms with Gasteiger partial charge >= 0.3 is 0 Å². The number of nitrogens with zero attached hydrogens (tertiary/aromatic N) is 3. The second kappa shape index (κ2) is 4.51. The van der Waals surface area contributed by atoms with Crippen LogP contribution in [-0.4, -0.2) is 48.9 Å². The van der Waals surface area contributed by atoms with Crippen molar-refractivity contribution in [1.29, 1.82) is 0 Å². The molecule has 0 spiro atoms. The summed E-state index contributed by atoms with van der Waals surface area (Å²) >= 11 is 1.56. The number of thiazole rings is 1. The summed E-state index contributed by atoms with van der Waals surface area (Å²) in [7, 11) is 4.22. The normalized spacial score (nSPS) is 20.8. The van der Waals surface area contributed by atoms with Crippen LogP contribution in [0.3, 0.4) is 0 Å². The van der Waals surface area contributed by atoms with Gasteiger partial charge in [-0.15, -0.1) is 11.3 Å². The molecule has 0 aromatic carbocycles. The number of aromatic nitrogens is 1. The van der Waals surface area contributed by atoms with Crippen molar-refractivity contribution in [1.82, 2.24) is 9.88 Å². The second-order valence-electron chi connectivity index (χ2n) is 4.42. The summed E-state index contributed by atoms with van der Waals surface area (Å²) in [5.41, 5.74) is 0.591. The highest BCUT2D eigenvalue weighted by molar-refractivity contribution is 7.13. The fourth-order valence-corrected chi connectivity index (χ4v) is 2.81. The summed E-state index contributed by atoms with van der Waals surface area (Å²) in [6.07, 6.45) is 1.17. The molecular weight excluding hydrogens is 222 g/mol. The Hall–Kier alpha value is -0.940. The fourth-order valence-electron chi connectivity index (χ4n) is 1.91. The molecule has 0 radical (unpaired) electrons. The molecule has 0 saturated carbocycles. The van der Waals surface area contributed by atoms with Gasteiger partial charge in [-0.25, -0.2) is 4.98 Å². The Bertz CT molecular complexity index is 388. The molecule has 5 heteroatoms. The average Bonchev–Trinajstić information content (AvgIpc) is 2.86. The van der Waals surface area contributed by atoms with Gasteiger partial charge in [-0.05, 0) is 20.5 Å². The largest absolute Gasteiger partial charge is 0.346 e. The lowest BCUT2D eigenvalue weighted by Gasteiger charge is -2.19. The van der Waals surface area contributed by atoms with Crippen LogP contribution in [0, 0.1) is 0 Å². The number of anilines is 1. The van der Waals surface area contributed by atoms with E-state index in [1.54, 1.807) is 18.3 Å². The van der Waals surface area contributed by atoms with E-state index in [0.29, 0.717) is 11.7 Å². The van der Waals surface area contributed by atoms with Crippen LogP contribution in [-0.2, 0) is 0 Å². The molecule has 1 unspecified atom stereocenters. The van der Waals surface area contributed by atoms with Gasteiger partial charge in [0.25, 0.3) is 0 Å². The van der Waals surface area contributed by atoms with Crippen LogP contribution in [0.15, 0.2) is 5.38 Å². The molecule has 2 rings (SSSR count). The highest BCUT2D eigenvalue weighted by atomic mass is 32.1. The fraction of sp³-hybridized carbons (Fsp3) is 0.636. The highest BCUT2D eigenvalue weighted by Crippen LogP contribution is 2.25. The molecule has 4 nitrogen and oxygen atoms in total. The van der Waals surface area contributed by atoms with E-state index in [1.807, 2.05) is 5.38 Å². The molecule has 0 amide bonds. The molecule has 1 aliphatic heterocycles. The van der Waals surface area contributed by atoms with Gasteiger partial charge in [-0.3, -0.25) is 4.79 Å². The third-order valence-electron chi connectivity index (χ3n) is 3.02. The average molecular weight is 239 g/mol. The summed E-state index contributed by atoms with van der Waals surface area (Å²) in [6, 6.07) is 0.602. The van der Waals surface area contributed by atoms with E-state index < -0.39 is 0 Å². The number of hydrogen-bond acceptors (Lipinski definition) is 5. The van der Waals surface area contributed by atoms with Gasteiger partial charge < -0.3 is 9.80 Å². The number of rotatable bonds is 3. The molecule has 1 aliphatic rings. The zero-order valence-electron chi connectivity index (χ0n) is 9.93. The standard InChI is InChI=1S/C11H17N3OS/c1-8(15)10-7-16-11(12-10)14-5-4-9(6-14)13(2)3/h7,9H,4-6H2,1-3H3. The van der Waals surface area contributed by atoms with E-state index in [9.17, 15) is 4.79 Å². The van der Waals surface area contributed by atoms with E-state index in [0.717, 1.165) is 18.2 Å². The SMILES string of the molecule is CC(=O)c1csc(N2CCC(N(C)C)C2)n1. The third kappa shape index (κ3) is 2.25. The molecule has 88 valence electrons. The predicted octanol–water partition coefficient (Wildman–Crippen LogP) is 1.49. The molecule has 1 atom stereocenters. The first-order valence-corrected chi connectivity index (χ1v) is 6.33. The van der Waals surface area contributed by atoms with Crippen molar-refractivity contribution in [2.75, 3.05) is 32.1 Å². The summed E-state index contributed by atoms with van der Waals surface area (Å²) in [5, 5.41) is 2.83.